The van der Waals surface area contributed by atoms with Crippen molar-refractivity contribution in [2.45, 2.75) is 0 Å². The third-order valence-corrected chi connectivity index (χ3v) is 5.59. The lowest BCUT2D eigenvalue weighted by Crippen LogP contribution is -2.43. The summed E-state index contributed by atoms with van der Waals surface area (Å²) in [7, 11) is 0. The lowest BCUT2D eigenvalue weighted by atomic mass is 10.2. The van der Waals surface area contributed by atoms with E-state index in [1.54, 1.807) is 0 Å². The lowest BCUT2D eigenvalue weighted by Gasteiger charge is -2.29. The molecule has 31 heavy (non-hydrogen) atoms. The lowest BCUT2D eigenvalue weighted by molar-refractivity contribution is 0.0764. The van der Waals surface area contributed by atoms with E-state index >= 15 is 0 Å². The minimum atomic E-state index is 0.525. The SMILES string of the molecule is c1cc2cc(c1)N1CCNCCN(CCNCC1)c1cccc(c1)OCCOCCO2. The molecule has 0 aromatic heterocycles. The van der Waals surface area contributed by atoms with Crippen LogP contribution in [-0.4, -0.2) is 78.8 Å². The first-order chi connectivity index (χ1) is 15.4. The monoisotopic (exact) mass is 426 g/mol. The van der Waals surface area contributed by atoms with E-state index in [4.69, 9.17) is 14.2 Å². The summed E-state index contributed by atoms with van der Waals surface area (Å²) in [6.45, 7) is 9.72. The Labute approximate surface area is 185 Å². The van der Waals surface area contributed by atoms with Crippen LogP contribution in [0.1, 0.15) is 0 Å². The van der Waals surface area contributed by atoms with Crippen LogP contribution in [0.4, 0.5) is 11.4 Å². The molecule has 0 amide bonds. The molecule has 2 aromatic carbocycles. The predicted octanol–water partition coefficient (Wildman–Crippen LogP) is 1.98. The number of anilines is 2. The highest BCUT2D eigenvalue weighted by atomic mass is 16.5. The van der Waals surface area contributed by atoms with Gasteiger partial charge < -0.3 is 34.6 Å². The largest absolute Gasteiger partial charge is 0.491 e. The van der Waals surface area contributed by atoms with Gasteiger partial charge in [0.15, 0.2) is 0 Å². The maximum absolute atomic E-state index is 5.91. The number of nitrogens with zero attached hydrogens (tertiary/aromatic N) is 2. The van der Waals surface area contributed by atoms with Crippen molar-refractivity contribution in [3.8, 4) is 11.5 Å². The van der Waals surface area contributed by atoms with Gasteiger partial charge in [-0.25, -0.2) is 0 Å². The van der Waals surface area contributed by atoms with E-state index in [1.807, 2.05) is 12.1 Å². The molecule has 1 fully saturated rings. The standard InChI is InChI=1S/C24H34N4O3/c1-3-21-19-23(5-1)30-17-15-29-16-18-31-24-6-2-4-22(20-24)28-13-9-25-7-11-27(21)12-8-26-10-14-28/h1-6,19-20,25-26H,7-18H2. The first-order valence-electron chi connectivity index (χ1n) is 11.3. The fraction of sp³-hybridized carbons (Fsp3) is 0.500. The van der Waals surface area contributed by atoms with Gasteiger partial charge in [-0.2, -0.15) is 0 Å². The van der Waals surface area contributed by atoms with E-state index in [1.165, 1.54) is 11.4 Å². The summed E-state index contributed by atoms with van der Waals surface area (Å²) in [5.41, 5.74) is 2.39. The third-order valence-electron chi connectivity index (χ3n) is 5.59. The smallest absolute Gasteiger partial charge is 0.121 e. The zero-order chi connectivity index (χ0) is 21.1. The van der Waals surface area contributed by atoms with E-state index in [-0.39, 0.29) is 0 Å². The molecule has 0 unspecified atom stereocenters. The molecule has 3 aliphatic rings. The Balaban J connectivity index is 1.51. The summed E-state index contributed by atoms with van der Waals surface area (Å²) in [5, 5.41) is 7.24. The van der Waals surface area contributed by atoms with Gasteiger partial charge in [-0.3, -0.25) is 0 Å². The van der Waals surface area contributed by atoms with Gasteiger partial charge in [0.2, 0.25) is 0 Å². The molecule has 0 spiro atoms. The zero-order valence-corrected chi connectivity index (χ0v) is 18.2. The van der Waals surface area contributed by atoms with E-state index in [0.29, 0.717) is 26.4 Å². The third kappa shape index (κ3) is 6.75. The number of hydrogen-bond acceptors (Lipinski definition) is 7. The number of nitrogens with one attached hydrogen (secondary N) is 2. The van der Waals surface area contributed by atoms with Crippen LogP contribution in [0.2, 0.25) is 0 Å². The van der Waals surface area contributed by atoms with Crippen LogP contribution < -0.4 is 29.9 Å². The maximum Gasteiger partial charge on any atom is 0.121 e. The molecule has 2 aromatic rings. The number of benzene rings is 2. The highest BCUT2D eigenvalue weighted by Gasteiger charge is 2.12. The molecule has 7 heteroatoms. The van der Waals surface area contributed by atoms with Crippen LogP contribution in [0, 0.1) is 0 Å². The van der Waals surface area contributed by atoms with Crippen molar-refractivity contribution in [3.05, 3.63) is 48.5 Å². The molecular weight excluding hydrogens is 392 g/mol. The second-order valence-electron chi connectivity index (χ2n) is 7.78. The first kappa shape index (κ1) is 21.7. The number of ether oxygens (including phenoxy) is 3. The van der Waals surface area contributed by atoms with Crippen molar-refractivity contribution < 1.29 is 14.2 Å². The summed E-state index contributed by atoms with van der Waals surface area (Å²) in [5.74, 6) is 1.76. The molecule has 168 valence electrons. The fourth-order valence-electron chi connectivity index (χ4n) is 3.93. The summed E-state index contributed by atoms with van der Waals surface area (Å²) in [6.07, 6.45) is 0. The van der Waals surface area contributed by atoms with Gasteiger partial charge in [-0.15, -0.1) is 0 Å². The second-order valence-corrected chi connectivity index (χ2v) is 7.78. The molecule has 6 bridgehead atoms. The Hall–Kier alpha value is -2.48. The second kappa shape index (κ2) is 11.8. The average Bonchev–Trinajstić information content (AvgIpc) is 2.79. The maximum atomic E-state index is 5.91. The molecular formula is C24H34N4O3. The summed E-state index contributed by atoms with van der Waals surface area (Å²) < 4.78 is 17.5. The van der Waals surface area contributed by atoms with Crippen LogP contribution >= 0.6 is 0 Å². The Bertz CT molecular complexity index is 726. The topological polar surface area (TPSA) is 58.2 Å². The molecule has 0 saturated carbocycles. The molecule has 0 radical (unpaired) electrons. The van der Waals surface area contributed by atoms with Crippen LogP contribution in [0.3, 0.4) is 0 Å². The summed E-state index contributed by atoms with van der Waals surface area (Å²) in [6, 6.07) is 16.7. The zero-order valence-electron chi connectivity index (χ0n) is 18.2. The van der Waals surface area contributed by atoms with Gasteiger partial charge in [-0.05, 0) is 24.3 Å². The van der Waals surface area contributed by atoms with E-state index < -0.39 is 0 Å². The molecule has 1 saturated heterocycles. The van der Waals surface area contributed by atoms with Gasteiger partial charge in [0.1, 0.15) is 24.7 Å². The normalized spacial score (nSPS) is 19.4. The van der Waals surface area contributed by atoms with Gasteiger partial charge >= 0.3 is 0 Å². The predicted molar refractivity (Wildman–Crippen MR) is 125 cm³/mol. The summed E-state index contributed by atoms with van der Waals surface area (Å²) in [4.78, 5) is 4.84. The molecule has 0 aliphatic carbocycles. The number of hydrogen-bond donors (Lipinski definition) is 2. The quantitative estimate of drug-likeness (QED) is 0.625. The van der Waals surface area contributed by atoms with Crippen LogP contribution in [-0.2, 0) is 4.74 Å². The van der Waals surface area contributed by atoms with Gasteiger partial charge in [-0.1, -0.05) is 12.1 Å². The van der Waals surface area contributed by atoms with Crippen molar-refractivity contribution in [1.82, 2.24) is 10.6 Å². The van der Waals surface area contributed by atoms with Gasteiger partial charge in [0.05, 0.1) is 13.2 Å². The molecule has 7 nitrogen and oxygen atoms in total. The fourth-order valence-corrected chi connectivity index (χ4v) is 3.93. The van der Waals surface area contributed by atoms with Crippen molar-refractivity contribution in [3.63, 3.8) is 0 Å². The van der Waals surface area contributed by atoms with Crippen molar-refractivity contribution in [1.29, 1.82) is 0 Å². The summed E-state index contributed by atoms with van der Waals surface area (Å²) >= 11 is 0. The highest BCUT2D eigenvalue weighted by molar-refractivity contribution is 5.52. The minimum Gasteiger partial charge on any atom is -0.491 e. The molecule has 5 rings (SSSR count). The molecule has 0 atom stereocenters. The van der Waals surface area contributed by atoms with Crippen LogP contribution in [0.15, 0.2) is 48.5 Å². The number of rotatable bonds is 0. The van der Waals surface area contributed by atoms with E-state index in [2.05, 4.69) is 56.8 Å². The molecule has 2 N–H and O–H groups in total. The minimum absolute atomic E-state index is 0.525. The van der Waals surface area contributed by atoms with Gasteiger partial charge in [0, 0.05) is 75.9 Å². The molecule has 3 heterocycles. The Kier molecular flexibility index (Phi) is 8.27. The van der Waals surface area contributed by atoms with E-state index in [0.717, 1.165) is 63.9 Å². The highest BCUT2D eigenvalue weighted by Crippen LogP contribution is 2.22. The van der Waals surface area contributed by atoms with Crippen molar-refractivity contribution >= 4 is 11.4 Å². The van der Waals surface area contributed by atoms with Gasteiger partial charge in [0.25, 0.3) is 0 Å². The number of fused-ring (bicyclic) bond motifs is 14. The van der Waals surface area contributed by atoms with Crippen molar-refractivity contribution in [2.75, 3.05) is 88.6 Å². The first-order valence-corrected chi connectivity index (χ1v) is 11.3. The Morgan fingerprint density at radius 2 is 1.03 bits per heavy atom. The van der Waals surface area contributed by atoms with Crippen molar-refractivity contribution in [2.24, 2.45) is 0 Å². The molecule has 3 aliphatic heterocycles. The Morgan fingerprint density at radius 1 is 0.581 bits per heavy atom. The van der Waals surface area contributed by atoms with E-state index in [9.17, 15) is 0 Å². The van der Waals surface area contributed by atoms with Crippen LogP contribution in [0.5, 0.6) is 11.5 Å². The average molecular weight is 427 g/mol. The van der Waals surface area contributed by atoms with Crippen LogP contribution in [0.25, 0.3) is 0 Å². The Morgan fingerprint density at radius 3 is 1.48 bits per heavy atom.